The van der Waals surface area contributed by atoms with Gasteiger partial charge in [-0.25, -0.2) is 0 Å². The van der Waals surface area contributed by atoms with Gasteiger partial charge in [-0.15, -0.1) is 0 Å². The fraction of sp³-hybridized carbons (Fsp3) is 0.400. The van der Waals surface area contributed by atoms with Crippen molar-refractivity contribution in [3.8, 4) is 0 Å². The summed E-state index contributed by atoms with van der Waals surface area (Å²) in [7, 11) is 0. The molecular weight excluding hydrogens is 326 g/mol. The minimum atomic E-state index is -0.341. The summed E-state index contributed by atoms with van der Waals surface area (Å²) in [5.41, 5.74) is 0.529. The van der Waals surface area contributed by atoms with Gasteiger partial charge >= 0.3 is 0 Å². The van der Waals surface area contributed by atoms with E-state index in [0.29, 0.717) is 10.9 Å². The van der Waals surface area contributed by atoms with Crippen LogP contribution in [0.5, 0.6) is 0 Å². The lowest BCUT2D eigenvalue weighted by Gasteiger charge is -2.12. The van der Waals surface area contributed by atoms with E-state index in [4.69, 9.17) is 0 Å². The summed E-state index contributed by atoms with van der Waals surface area (Å²) in [6.45, 7) is 3.87. The summed E-state index contributed by atoms with van der Waals surface area (Å²) in [4.78, 5) is 10.6. The molecule has 0 spiro atoms. The molecule has 1 rings (SSSR count). The third-order valence-corrected chi connectivity index (χ3v) is 3.40. The summed E-state index contributed by atoms with van der Waals surface area (Å²) in [6, 6.07) is 0. The Hall–Kier alpha value is -0.420. The highest BCUT2D eigenvalue weighted by Crippen LogP contribution is 2.33. The Bertz CT molecular complexity index is 381. The van der Waals surface area contributed by atoms with Gasteiger partial charge in [0.1, 0.15) is 0 Å². The van der Waals surface area contributed by atoms with Crippen LogP contribution in [0.3, 0.4) is 0 Å². The van der Waals surface area contributed by atoms with Crippen LogP contribution in [0.1, 0.15) is 13.8 Å². The second kappa shape index (κ2) is 4.61. The van der Waals surface area contributed by atoms with E-state index in [1.807, 2.05) is 26.0 Å². The molecule has 0 unspecified atom stereocenters. The van der Waals surface area contributed by atoms with Crippen molar-refractivity contribution in [2.75, 3.05) is 5.33 Å². The molecule has 0 saturated heterocycles. The fourth-order valence-electron chi connectivity index (χ4n) is 1.29. The first-order valence-electron chi connectivity index (χ1n) is 4.39. The van der Waals surface area contributed by atoms with Gasteiger partial charge in [0, 0.05) is 21.3 Å². The Morgan fingerprint density at radius 3 is 2.60 bits per heavy atom. The molecule has 1 aliphatic rings. The van der Waals surface area contributed by atoms with E-state index in [9.17, 15) is 10.1 Å². The Morgan fingerprint density at radius 2 is 2.13 bits per heavy atom. The maximum absolute atomic E-state index is 10.9. The molecule has 3 nitrogen and oxygen atoms in total. The Kier molecular flexibility index (Phi) is 3.89. The maximum atomic E-state index is 10.9. The molecule has 0 radical (unpaired) electrons. The number of allylic oxidation sites excluding steroid dienone is 5. The number of halogens is 2. The molecule has 0 aromatic rings. The smallest absolute Gasteiger partial charge is 0.258 e. The summed E-state index contributed by atoms with van der Waals surface area (Å²) < 4.78 is 0.757. The Morgan fingerprint density at radius 1 is 1.53 bits per heavy atom. The predicted octanol–water partition coefficient (Wildman–Crippen LogP) is 3.79. The summed E-state index contributed by atoms with van der Waals surface area (Å²) >= 11 is 6.61. The molecule has 5 heteroatoms. The lowest BCUT2D eigenvalue weighted by atomic mass is 9.92. The molecule has 0 atom stereocenters. The van der Waals surface area contributed by atoms with Crippen molar-refractivity contribution >= 4 is 31.9 Å². The van der Waals surface area contributed by atoms with Gasteiger partial charge in [-0.3, -0.25) is 10.1 Å². The van der Waals surface area contributed by atoms with E-state index < -0.39 is 0 Å². The molecule has 1 aliphatic carbocycles. The average molecular weight is 337 g/mol. The van der Waals surface area contributed by atoms with Crippen LogP contribution in [0, 0.1) is 15.5 Å². The van der Waals surface area contributed by atoms with E-state index in [-0.39, 0.29) is 16.0 Å². The molecule has 0 fully saturated rings. The third kappa shape index (κ3) is 3.01. The molecule has 0 saturated carbocycles. The van der Waals surface area contributed by atoms with Crippen molar-refractivity contribution in [2.45, 2.75) is 13.8 Å². The van der Waals surface area contributed by atoms with Gasteiger partial charge in [-0.1, -0.05) is 57.9 Å². The molecule has 82 valence electrons. The number of hydrogen-bond acceptors (Lipinski definition) is 2. The van der Waals surface area contributed by atoms with Gasteiger partial charge < -0.3 is 0 Å². The van der Waals surface area contributed by atoms with Crippen LogP contribution in [0.15, 0.2) is 34.0 Å². The molecule has 0 amide bonds. The van der Waals surface area contributed by atoms with Crippen LogP contribution >= 0.6 is 31.9 Å². The molecular formula is C10H11Br2NO2. The fourth-order valence-corrected chi connectivity index (χ4v) is 2.73. The molecule has 0 aromatic carbocycles. The van der Waals surface area contributed by atoms with Crippen molar-refractivity contribution in [1.82, 2.24) is 0 Å². The molecule has 0 heterocycles. The second-order valence-electron chi connectivity index (χ2n) is 3.90. The van der Waals surface area contributed by atoms with Crippen LogP contribution in [0.25, 0.3) is 0 Å². The van der Waals surface area contributed by atoms with E-state index in [1.54, 1.807) is 6.08 Å². The molecule has 0 aromatic heterocycles. The number of nitro groups is 1. The maximum Gasteiger partial charge on any atom is 0.271 e. The number of alkyl halides is 1. The van der Waals surface area contributed by atoms with Crippen molar-refractivity contribution < 1.29 is 4.92 Å². The molecule has 0 N–H and O–H groups in total. The average Bonchev–Trinajstić information content (AvgIpc) is 2.24. The highest BCUT2D eigenvalue weighted by Gasteiger charge is 2.26. The first-order chi connectivity index (χ1) is 6.87. The number of rotatable bonds is 2. The van der Waals surface area contributed by atoms with Crippen LogP contribution < -0.4 is 0 Å². The highest BCUT2D eigenvalue weighted by atomic mass is 79.9. The van der Waals surface area contributed by atoms with Gasteiger partial charge in [0.15, 0.2) is 0 Å². The summed E-state index contributed by atoms with van der Waals surface area (Å²) in [5.74, 6) is 0. The zero-order valence-corrected chi connectivity index (χ0v) is 11.6. The molecule has 0 aliphatic heterocycles. The zero-order chi connectivity index (χ0) is 11.6. The minimum Gasteiger partial charge on any atom is -0.258 e. The lowest BCUT2D eigenvalue weighted by Crippen LogP contribution is -2.09. The topological polar surface area (TPSA) is 43.1 Å². The van der Waals surface area contributed by atoms with Crippen LogP contribution in [-0.2, 0) is 0 Å². The summed E-state index contributed by atoms with van der Waals surface area (Å²) in [6.07, 6.45) is 5.48. The Labute approximate surface area is 105 Å². The predicted molar refractivity (Wildman–Crippen MR) is 67.7 cm³/mol. The van der Waals surface area contributed by atoms with E-state index in [2.05, 4.69) is 31.9 Å². The van der Waals surface area contributed by atoms with Crippen molar-refractivity contribution in [3.05, 3.63) is 44.1 Å². The van der Waals surface area contributed by atoms with E-state index in [1.165, 1.54) is 0 Å². The van der Waals surface area contributed by atoms with Crippen molar-refractivity contribution in [2.24, 2.45) is 5.41 Å². The molecule has 15 heavy (non-hydrogen) atoms. The van der Waals surface area contributed by atoms with Gasteiger partial charge in [0.2, 0.25) is 0 Å². The standard InChI is InChI=1S/C10H11Br2NO2/c1-10(2)4-3-8(12)7(6-11)9(5-10)13(14)15/h3-5H,6H2,1-2H3. The van der Waals surface area contributed by atoms with E-state index >= 15 is 0 Å². The Balaban J connectivity index is 3.34. The van der Waals surface area contributed by atoms with Crippen molar-refractivity contribution in [1.29, 1.82) is 0 Å². The van der Waals surface area contributed by atoms with Crippen LogP contribution in [0.4, 0.5) is 0 Å². The molecule has 0 bridgehead atoms. The zero-order valence-electron chi connectivity index (χ0n) is 8.46. The van der Waals surface area contributed by atoms with Gasteiger partial charge in [-0.05, 0) is 0 Å². The number of hydrogen-bond donors (Lipinski definition) is 0. The number of nitrogens with zero attached hydrogens (tertiary/aromatic N) is 1. The lowest BCUT2D eigenvalue weighted by molar-refractivity contribution is -0.421. The van der Waals surface area contributed by atoms with Crippen molar-refractivity contribution in [3.63, 3.8) is 0 Å². The van der Waals surface area contributed by atoms with Gasteiger partial charge in [0.25, 0.3) is 5.70 Å². The largest absolute Gasteiger partial charge is 0.271 e. The van der Waals surface area contributed by atoms with Crippen LogP contribution in [-0.4, -0.2) is 10.3 Å². The van der Waals surface area contributed by atoms with Gasteiger partial charge in [0.05, 0.1) is 10.5 Å². The van der Waals surface area contributed by atoms with Gasteiger partial charge in [-0.2, -0.15) is 0 Å². The van der Waals surface area contributed by atoms with E-state index in [0.717, 1.165) is 4.48 Å². The minimum absolute atomic E-state index is 0.161. The first-order valence-corrected chi connectivity index (χ1v) is 6.30. The highest BCUT2D eigenvalue weighted by molar-refractivity contribution is 9.12. The SMILES string of the molecule is CC1(C)C=CC(Br)=C(CBr)C([N+](=O)[O-])=C1. The second-order valence-corrected chi connectivity index (χ2v) is 5.32. The quantitative estimate of drug-likeness (QED) is 0.437. The third-order valence-electron chi connectivity index (χ3n) is 2.10. The van der Waals surface area contributed by atoms with Crippen LogP contribution in [0.2, 0.25) is 0 Å². The monoisotopic (exact) mass is 335 g/mol. The summed E-state index contributed by atoms with van der Waals surface area (Å²) in [5, 5.41) is 11.4. The normalized spacial score (nSPS) is 19.9. The first kappa shape index (κ1) is 12.6.